The van der Waals surface area contributed by atoms with Gasteiger partial charge in [0.2, 0.25) is 11.8 Å². The largest absolute Gasteiger partial charge is 0.300 e. The first kappa shape index (κ1) is 12.9. The van der Waals surface area contributed by atoms with Crippen LogP contribution in [0.3, 0.4) is 0 Å². The lowest BCUT2D eigenvalue weighted by atomic mass is 9.80. The Morgan fingerprint density at radius 3 is 2.31 bits per heavy atom. The van der Waals surface area contributed by atoms with Gasteiger partial charge in [0.1, 0.15) is 5.78 Å². The Kier molecular flexibility index (Phi) is 3.51. The van der Waals surface area contributed by atoms with Crippen LogP contribution in [-0.2, 0) is 14.4 Å². The fourth-order valence-corrected chi connectivity index (χ4v) is 1.86. The minimum Gasteiger partial charge on any atom is -0.300 e. The van der Waals surface area contributed by atoms with Gasteiger partial charge in [-0.15, -0.1) is 0 Å². The third kappa shape index (κ3) is 2.68. The molecule has 1 heterocycles. The standard InChI is InChI=1S/C12H19NO3/c1-8(14)5-6-13-10(15)7-9(11(13)16)12(2,3)4/h9H,5-7H2,1-4H3. The molecule has 0 spiro atoms. The van der Waals surface area contributed by atoms with Crippen LogP contribution in [-0.4, -0.2) is 29.0 Å². The number of Topliss-reactive ketones (excluding diaryl/α,β-unsaturated/α-hetero) is 1. The number of nitrogens with zero attached hydrogens (tertiary/aromatic N) is 1. The molecule has 0 bridgehead atoms. The van der Waals surface area contributed by atoms with Crippen molar-refractivity contribution < 1.29 is 14.4 Å². The van der Waals surface area contributed by atoms with E-state index in [4.69, 9.17) is 0 Å². The molecule has 1 aliphatic heterocycles. The third-order valence-corrected chi connectivity index (χ3v) is 2.98. The van der Waals surface area contributed by atoms with Gasteiger partial charge in [-0.3, -0.25) is 19.3 Å². The molecule has 0 aromatic heterocycles. The van der Waals surface area contributed by atoms with E-state index in [0.29, 0.717) is 0 Å². The molecule has 16 heavy (non-hydrogen) atoms. The molecular weight excluding hydrogens is 206 g/mol. The molecule has 2 amide bonds. The van der Waals surface area contributed by atoms with Gasteiger partial charge >= 0.3 is 0 Å². The normalized spacial score (nSPS) is 21.8. The van der Waals surface area contributed by atoms with E-state index in [2.05, 4.69) is 0 Å². The lowest BCUT2D eigenvalue weighted by molar-refractivity contribution is -0.140. The molecule has 0 aromatic rings. The third-order valence-electron chi connectivity index (χ3n) is 2.98. The Bertz CT molecular complexity index is 328. The molecule has 0 aromatic carbocycles. The first-order chi connectivity index (χ1) is 7.23. The monoisotopic (exact) mass is 225 g/mol. The fraction of sp³-hybridized carbons (Fsp3) is 0.750. The van der Waals surface area contributed by atoms with Crippen LogP contribution in [0.4, 0.5) is 0 Å². The van der Waals surface area contributed by atoms with E-state index < -0.39 is 0 Å². The molecule has 1 atom stereocenters. The summed E-state index contributed by atoms with van der Waals surface area (Å²) < 4.78 is 0. The summed E-state index contributed by atoms with van der Waals surface area (Å²) in [5.41, 5.74) is -0.197. The van der Waals surface area contributed by atoms with Gasteiger partial charge in [0.15, 0.2) is 0 Å². The molecular formula is C12H19NO3. The molecule has 4 nitrogen and oxygen atoms in total. The minimum atomic E-state index is -0.244. The number of hydrogen-bond donors (Lipinski definition) is 0. The summed E-state index contributed by atoms with van der Waals surface area (Å²) in [6, 6.07) is 0. The van der Waals surface area contributed by atoms with Gasteiger partial charge in [0.25, 0.3) is 0 Å². The van der Waals surface area contributed by atoms with Crippen molar-refractivity contribution >= 4 is 17.6 Å². The quantitative estimate of drug-likeness (QED) is 0.682. The molecule has 90 valence electrons. The number of rotatable bonds is 3. The smallest absolute Gasteiger partial charge is 0.233 e. The summed E-state index contributed by atoms with van der Waals surface area (Å²) in [5, 5.41) is 0. The fourth-order valence-electron chi connectivity index (χ4n) is 1.86. The van der Waals surface area contributed by atoms with Crippen molar-refractivity contribution in [3.05, 3.63) is 0 Å². The molecule has 1 aliphatic rings. The maximum atomic E-state index is 12.0. The molecule has 0 radical (unpaired) electrons. The first-order valence-electron chi connectivity index (χ1n) is 5.57. The van der Waals surface area contributed by atoms with Crippen LogP contribution in [0.15, 0.2) is 0 Å². The van der Waals surface area contributed by atoms with E-state index in [-0.39, 0.29) is 48.3 Å². The molecule has 1 fully saturated rings. The zero-order chi connectivity index (χ0) is 12.5. The van der Waals surface area contributed by atoms with Gasteiger partial charge in [0.05, 0.1) is 5.92 Å². The van der Waals surface area contributed by atoms with Crippen molar-refractivity contribution in [2.75, 3.05) is 6.54 Å². The topological polar surface area (TPSA) is 54.5 Å². The summed E-state index contributed by atoms with van der Waals surface area (Å²) in [5.74, 6) is -0.517. The number of carbonyl (C=O) groups is 3. The summed E-state index contributed by atoms with van der Waals surface area (Å²) in [4.78, 5) is 35.7. The second-order valence-corrected chi connectivity index (χ2v) is 5.46. The van der Waals surface area contributed by atoms with E-state index in [9.17, 15) is 14.4 Å². The minimum absolute atomic E-state index is 0.000177. The molecule has 1 rings (SSSR count). The lowest BCUT2D eigenvalue weighted by Crippen LogP contribution is -2.35. The average molecular weight is 225 g/mol. The first-order valence-corrected chi connectivity index (χ1v) is 5.57. The van der Waals surface area contributed by atoms with Gasteiger partial charge in [-0.05, 0) is 12.3 Å². The maximum Gasteiger partial charge on any atom is 0.233 e. The van der Waals surface area contributed by atoms with Crippen molar-refractivity contribution in [1.29, 1.82) is 0 Å². The van der Waals surface area contributed by atoms with Crippen molar-refractivity contribution in [2.45, 2.75) is 40.5 Å². The zero-order valence-corrected chi connectivity index (χ0v) is 10.4. The van der Waals surface area contributed by atoms with Crippen molar-refractivity contribution in [1.82, 2.24) is 4.90 Å². The molecule has 4 heteroatoms. The Morgan fingerprint density at radius 2 is 1.94 bits per heavy atom. The number of ketones is 1. The van der Waals surface area contributed by atoms with Crippen molar-refractivity contribution in [3.8, 4) is 0 Å². The van der Waals surface area contributed by atoms with E-state index in [0.717, 1.165) is 0 Å². The molecule has 0 N–H and O–H groups in total. The average Bonchev–Trinajstić information content (AvgIpc) is 2.38. The number of amides is 2. The zero-order valence-electron chi connectivity index (χ0n) is 10.4. The van der Waals surface area contributed by atoms with E-state index in [1.54, 1.807) is 0 Å². The van der Waals surface area contributed by atoms with Gasteiger partial charge < -0.3 is 0 Å². The second-order valence-electron chi connectivity index (χ2n) is 5.46. The van der Waals surface area contributed by atoms with Crippen LogP contribution in [0.2, 0.25) is 0 Å². The summed E-state index contributed by atoms with van der Waals surface area (Å²) in [6.07, 6.45) is 0.536. The number of carbonyl (C=O) groups excluding carboxylic acids is 3. The van der Waals surface area contributed by atoms with Crippen molar-refractivity contribution in [2.24, 2.45) is 11.3 Å². The molecule has 1 unspecified atom stereocenters. The SMILES string of the molecule is CC(=O)CCN1C(=O)CC(C(C)(C)C)C1=O. The predicted octanol–water partition coefficient (Wildman–Crippen LogP) is 1.39. The van der Waals surface area contributed by atoms with Crippen LogP contribution >= 0.6 is 0 Å². The molecule has 0 saturated carbocycles. The van der Waals surface area contributed by atoms with Gasteiger partial charge in [-0.1, -0.05) is 20.8 Å². The van der Waals surface area contributed by atoms with E-state index in [1.807, 2.05) is 20.8 Å². The highest BCUT2D eigenvalue weighted by Gasteiger charge is 2.44. The number of likely N-dealkylation sites (tertiary alicyclic amines) is 1. The Labute approximate surface area is 96.0 Å². The summed E-state index contributed by atoms with van der Waals surface area (Å²) in [7, 11) is 0. The Hall–Kier alpha value is -1.19. The van der Waals surface area contributed by atoms with Crippen molar-refractivity contribution in [3.63, 3.8) is 0 Å². The number of hydrogen-bond acceptors (Lipinski definition) is 3. The van der Waals surface area contributed by atoms with Gasteiger partial charge in [-0.2, -0.15) is 0 Å². The highest BCUT2D eigenvalue weighted by molar-refractivity contribution is 6.04. The highest BCUT2D eigenvalue weighted by atomic mass is 16.2. The van der Waals surface area contributed by atoms with Crippen LogP contribution in [0.25, 0.3) is 0 Å². The van der Waals surface area contributed by atoms with Gasteiger partial charge in [-0.25, -0.2) is 0 Å². The summed E-state index contributed by atoms with van der Waals surface area (Å²) >= 11 is 0. The molecule has 0 aliphatic carbocycles. The van der Waals surface area contributed by atoms with E-state index >= 15 is 0 Å². The lowest BCUT2D eigenvalue weighted by Gasteiger charge is -2.24. The molecule has 1 saturated heterocycles. The van der Waals surface area contributed by atoms with E-state index in [1.165, 1.54) is 11.8 Å². The van der Waals surface area contributed by atoms with Crippen LogP contribution in [0.1, 0.15) is 40.5 Å². The van der Waals surface area contributed by atoms with Crippen LogP contribution in [0.5, 0.6) is 0 Å². The number of imide groups is 1. The van der Waals surface area contributed by atoms with Gasteiger partial charge in [0, 0.05) is 19.4 Å². The summed E-state index contributed by atoms with van der Waals surface area (Å²) in [6.45, 7) is 7.57. The van der Waals surface area contributed by atoms with Crippen LogP contribution in [0, 0.1) is 11.3 Å². The Morgan fingerprint density at radius 1 is 1.38 bits per heavy atom. The maximum absolute atomic E-state index is 12.0. The Balaban J connectivity index is 2.72. The second kappa shape index (κ2) is 4.36. The van der Waals surface area contributed by atoms with Crippen LogP contribution < -0.4 is 0 Å². The highest BCUT2D eigenvalue weighted by Crippen LogP contribution is 2.35. The predicted molar refractivity (Wildman–Crippen MR) is 59.6 cm³/mol.